The third-order valence-corrected chi connectivity index (χ3v) is 4.54. The molecule has 96 valence electrons. The van der Waals surface area contributed by atoms with Gasteiger partial charge in [-0.3, -0.25) is 4.79 Å². The van der Waals surface area contributed by atoms with Gasteiger partial charge in [-0.25, -0.2) is 0 Å². The topological polar surface area (TPSA) is 64.3 Å². The van der Waals surface area contributed by atoms with Crippen molar-refractivity contribution < 1.29 is 9.53 Å². The molecule has 0 radical (unpaired) electrons. The molecule has 18 heavy (non-hydrogen) atoms. The maximum atomic E-state index is 11.8. The molecule has 2 aliphatic rings. The van der Waals surface area contributed by atoms with Gasteiger partial charge in [0.1, 0.15) is 0 Å². The summed E-state index contributed by atoms with van der Waals surface area (Å²) in [6.07, 6.45) is 4.51. The lowest BCUT2D eigenvalue weighted by atomic mass is 9.72. The van der Waals surface area contributed by atoms with Crippen LogP contribution in [0.3, 0.4) is 0 Å². The van der Waals surface area contributed by atoms with Crippen molar-refractivity contribution >= 4 is 23.3 Å². The van der Waals surface area contributed by atoms with Crippen molar-refractivity contribution in [2.45, 2.75) is 24.6 Å². The summed E-state index contributed by atoms with van der Waals surface area (Å²) in [7, 11) is 0. The number of carbonyl (C=O) groups is 1. The molecule has 4 nitrogen and oxygen atoms in total. The minimum absolute atomic E-state index is 0.0296. The van der Waals surface area contributed by atoms with Gasteiger partial charge >= 0.3 is 0 Å². The second kappa shape index (κ2) is 4.84. The van der Waals surface area contributed by atoms with E-state index in [2.05, 4.69) is 5.32 Å². The van der Waals surface area contributed by atoms with Crippen LogP contribution in [0, 0.1) is 5.92 Å². The summed E-state index contributed by atoms with van der Waals surface area (Å²) >= 11 is 1.60. The molecule has 0 aromatic carbocycles. The smallest absolute Gasteiger partial charge is 0.244 e. The first kappa shape index (κ1) is 11.9. The molecule has 1 aromatic rings. The Bertz CT molecular complexity index is 458. The number of nitrogens with two attached hydrogens (primary N) is 1. The van der Waals surface area contributed by atoms with Gasteiger partial charge in [-0.2, -0.15) is 0 Å². The van der Waals surface area contributed by atoms with E-state index >= 15 is 0 Å². The number of fused-ring (bicyclic) bond motifs is 1. The van der Waals surface area contributed by atoms with Crippen LogP contribution in [-0.4, -0.2) is 30.7 Å². The summed E-state index contributed by atoms with van der Waals surface area (Å²) in [5.41, 5.74) is 6.03. The molecule has 4 unspecified atom stereocenters. The van der Waals surface area contributed by atoms with Gasteiger partial charge in [0.25, 0.3) is 0 Å². The molecule has 1 saturated heterocycles. The van der Waals surface area contributed by atoms with E-state index in [1.165, 1.54) is 0 Å². The number of carbonyl (C=O) groups excluding carboxylic acids is 1. The molecule has 1 aliphatic heterocycles. The van der Waals surface area contributed by atoms with E-state index in [4.69, 9.17) is 10.5 Å². The van der Waals surface area contributed by atoms with Gasteiger partial charge in [-0.15, -0.1) is 11.3 Å². The monoisotopic (exact) mass is 264 g/mol. The standard InChI is InChI=1S/C13H16N2O2S/c14-11-9-5-6-17-13(9)12(11)15-10(16)4-3-8-2-1-7-18-8/h1-4,7,9,11-13H,5-6,14H2,(H,15,16). The molecular formula is C13H16N2O2S. The lowest BCUT2D eigenvalue weighted by Crippen LogP contribution is -2.68. The fourth-order valence-corrected chi connectivity index (χ4v) is 3.30. The number of nitrogens with one attached hydrogen (secondary N) is 1. The predicted octanol–water partition coefficient (Wildman–Crippen LogP) is 0.992. The molecule has 3 N–H and O–H groups in total. The van der Waals surface area contributed by atoms with Gasteiger partial charge < -0.3 is 15.8 Å². The van der Waals surface area contributed by atoms with Crippen LogP contribution in [0.25, 0.3) is 6.08 Å². The number of hydrogen-bond acceptors (Lipinski definition) is 4. The fourth-order valence-electron chi connectivity index (χ4n) is 2.68. The Morgan fingerprint density at radius 1 is 1.61 bits per heavy atom. The summed E-state index contributed by atoms with van der Waals surface area (Å²) in [5, 5.41) is 4.91. The molecule has 2 heterocycles. The van der Waals surface area contributed by atoms with Crippen LogP contribution in [-0.2, 0) is 9.53 Å². The Hall–Kier alpha value is -1.17. The first-order valence-electron chi connectivity index (χ1n) is 6.15. The number of rotatable bonds is 3. The van der Waals surface area contributed by atoms with Crippen LogP contribution in [0.15, 0.2) is 23.6 Å². The number of ether oxygens (including phenoxy) is 1. The Balaban J connectivity index is 1.55. The van der Waals surface area contributed by atoms with Crippen LogP contribution in [0.5, 0.6) is 0 Å². The molecule has 2 fully saturated rings. The van der Waals surface area contributed by atoms with E-state index in [0.29, 0.717) is 5.92 Å². The van der Waals surface area contributed by atoms with Gasteiger partial charge in [-0.05, 0) is 23.9 Å². The highest BCUT2D eigenvalue weighted by Crippen LogP contribution is 2.37. The Kier molecular flexibility index (Phi) is 3.20. The van der Waals surface area contributed by atoms with Crippen molar-refractivity contribution in [3.8, 4) is 0 Å². The first-order chi connectivity index (χ1) is 8.75. The quantitative estimate of drug-likeness (QED) is 0.800. The second-order valence-electron chi connectivity index (χ2n) is 4.75. The molecule has 3 rings (SSSR count). The SMILES string of the molecule is NC1C2CCOC2C1NC(=O)C=Cc1cccs1. The Morgan fingerprint density at radius 2 is 2.50 bits per heavy atom. The highest BCUT2D eigenvalue weighted by Gasteiger charge is 2.52. The molecule has 0 spiro atoms. The minimum Gasteiger partial charge on any atom is -0.376 e. The fraction of sp³-hybridized carbons (Fsp3) is 0.462. The van der Waals surface area contributed by atoms with E-state index in [1.807, 2.05) is 23.6 Å². The molecule has 1 aromatic heterocycles. The van der Waals surface area contributed by atoms with E-state index in [-0.39, 0.29) is 24.1 Å². The van der Waals surface area contributed by atoms with Crippen LogP contribution in [0.4, 0.5) is 0 Å². The van der Waals surface area contributed by atoms with E-state index in [0.717, 1.165) is 17.9 Å². The number of hydrogen-bond donors (Lipinski definition) is 2. The largest absolute Gasteiger partial charge is 0.376 e. The van der Waals surface area contributed by atoms with Gasteiger partial charge in [-0.1, -0.05) is 6.07 Å². The minimum atomic E-state index is -0.0993. The van der Waals surface area contributed by atoms with Crippen molar-refractivity contribution in [1.29, 1.82) is 0 Å². The van der Waals surface area contributed by atoms with Crippen molar-refractivity contribution in [1.82, 2.24) is 5.32 Å². The molecule has 0 bridgehead atoms. The molecule has 1 aliphatic carbocycles. The highest BCUT2D eigenvalue weighted by molar-refractivity contribution is 7.10. The number of amides is 1. The maximum absolute atomic E-state index is 11.8. The van der Waals surface area contributed by atoms with E-state index < -0.39 is 0 Å². The van der Waals surface area contributed by atoms with Crippen molar-refractivity contribution in [2.24, 2.45) is 11.7 Å². The molecule has 4 atom stereocenters. The van der Waals surface area contributed by atoms with Gasteiger partial charge in [0, 0.05) is 29.5 Å². The van der Waals surface area contributed by atoms with Crippen molar-refractivity contribution in [3.63, 3.8) is 0 Å². The van der Waals surface area contributed by atoms with E-state index in [1.54, 1.807) is 17.4 Å². The van der Waals surface area contributed by atoms with Crippen molar-refractivity contribution in [3.05, 3.63) is 28.5 Å². The summed E-state index contributed by atoms with van der Waals surface area (Å²) in [6.45, 7) is 0.764. The average molecular weight is 264 g/mol. The third kappa shape index (κ3) is 2.09. The summed E-state index contributed by atoms with van der Waals surface area (Å²) in [4.78, 5) is 12.8. The second-order valence-corrected chi connectivity index (χ2v) is 5.73. The molecule has 1 amide bonds. The Labute approximate surface area is 110 Å². The van der Waals surface area contributed by atoms with Crippen molar-refractivity contribution in [2.75, 3.05) is 6.61 Å². The molecule has 1 saturated carbocycles. The summed E-state index contributed by atoms with van der Waals surface area (Å²) in [6, 6.07) is 3.94. The normalized spacial score (nSPS) is 34.3. The zero-order valence-electron chi connectivity index (χ0n) is 9.91. The van der Waals surface area contributed by atoms with Crippen LogP contribution in [0.2, 0.25) is 0 Å². The highest BCUT2D eigenvalue weighted by atomic mass is 32.1. The average Bonchev–Trinajstić information content (AvgIpc) is 3.02. The summed E-state index contributed by atoms with van der Waals surface area (Å²) in [5.74, 6) is 0.328. The first-order valence-corrected chi connectivity index (χ1v) is 7.03. The Morgan fingerprint density at radius 3 is 3.28 bits per heavy atom. The lowest BCUT2D eigenvalue weighted by molar-refractivity contribution is -0.120. The van der Waals surface area contributed by atoms with E-state index in [9.17, 15) is 4.79 Å². The maximum Gasteiger partial charge on any atom is 0.244 e. The van der Waals surface area contributed by atoms with Crippen LogP contribution >= 0.6 is 11.3 Å². The van der Waals surface area contributed by atoms with Crippen LogP contribution in [0.1, 0.15) is 11.3 Å². The molecule has 5 heteroatoms. The number of thiophene rings is 1. The van der Waals surface area contributed by atoms with Crippen LogP contribution < -0.4 is 11.1 Å². The molecular weight excluding hydrogens is 248 g/mol. The zero-order chi connectivity index (χ0) is 12.5. The predicted molar refractivity (Wildman–Crippen MR) is 71.1 cm³/mol. The van der Waals surface area contributed by atoms with Gasteiger partial charge in [0.2, 0.25) is 5.91 Å². The van der Waals surface area contributed by atoms with Gasteiger partial charge in [0.15, 0.2) is 0 Å². The third-order valence-electron chi connectivity index (χ3n) is 3.70. The lowest BCUT2D eigenvalue weighted by Gasteiger charge is -2.45. The summed E-state index contributed by atoms with van der Waals surface area (Å²) < 4.78 is 5.57. The van der Waals surface area contributed by atoms with Gasteiger partial charge in [0.05, 0.1) is 12.1 Å². The zero-order valence-corrected chi connectivity index (χ0v) is 10.7.